The first kappa shape index (κ1) is 18.5. The van der Waals surface area contributed by atoms with Crippen molar-refractivity contribution >= 4 is 34.0 Å². The summed E-state index contributed by atoms with van der Waals surface area (Å²) in [5, 5.41) is 15.0. The second-order valence-electron chi connectivity index (χ2n) is 6.23. The van der Waals surface area contributed by atoms with Crippen molar-refractivity contribution in [1.29, 1.82) is 0 Å². The van der Waals surface area contributed by atoms with Gasteiger partial charge < -0.3 is 10.0 Å². The first-order chi connectivity index (χ1) is 11.3. The van der Waals surface area contributed by atoms with E-state index in [1.165, 1.54) is 50.7 Å². The molecule has 5 heteroatoms. The molecule has 0 bridgehead atoms. The van der Waals surface area contributed by atoms with Crippen molar-refractivity contribution in [1.82, 2.24) is 0 Å². The fourth-order valence-corrected chi connectivity index (χ4v) is 3.03. The van der Waals surface area contributed by atoms with Gasteiger partial charge in [-0.25, -0.2) is 0 Å². The fourth-order valence-electron chi connectivity index (χ4n) is 2.34. The van der Waals surface area contributed by atoms with Crippen LogP contribution in [0.3, 0.4) is 0 Å². The molecule has 0 amide bonds. The summed E-state index contributed by atoms with van der Waals surface area (Å²) in [6.45, 7) is 0. The van der Waals surface area contributed by atoms with Gasteiger partial charge in [-0.2, -0.15) is 0 Å². The van der Waals surface area contributed by atoms with E-state index in [-0.39, 0.29) is 0 Å². The van der Waals surface area contributed by atoms with Crippen LogP contribution < -0.4 is 0 Å². The Bertz CT molecular complexity index is 483. The second-order valence-corrected chi connectivity index (χ2v) is 7.61. The van der Waals surface area contributed by atoms with Crippen molar-refractivity contribution < 1.29 is 10.0 Å². The van der Waals surface area contributed by atoms with Crippen molar-refractivity contribution in [3.8, 4) is 0 Å². The number of rotatable bonds is 2. The van der Waals surface area contributed by atoms with Gasteiger partial charge in [0, 0.05) is 6.42 Å². The number of halogens is 1. The number of allylic oxidation sites excluding steroid dienone is 4. The monoisotopic (exact) mass is 430 g/mol. The summed E-state index contributed by atoms with van der Waals surface area (Å²) in [6.07, 6.45) is 18.8. The molecule has 128 valence electrons. The molecule has 0 radical (unpaired) electrons. The minimum atomic E-state index is 0.954. The molecular weight excluding hydrogens is 403 g/mol. The molecule has 0 aromatic carbocycles. The summed E-state index contributed by atoms with van der Waals surface area (Å²) in [7, 11) is 0. The van der Waals surface area contributed by atoms with E-state index in [0.29, 0.717) is 0 Å². The van der Waals surface area contributed by atoms with Gasteiger partial charge in [0.05, 0.1) is 11.4 Å². The lowest BCUT2D eigenvalue weighted by molar-refractivity contribution is 0.217. The minimum absolute atomic E-state index is 0.954. The molecule has 0 unspecified atom stereocenters. The Kier molecular flexibility index (Phi) is 8.71. The lowest BCUT2D eigenvalue weighted by Gasteiger charge is -2.13. The van der Waals surface area contributed by atoms with Crippen molar-refractivity contribution in [3.63, 3.8) is 0 Å². The van der Waals surface area contributed by atoms with E-state index in [9.17, 15) is 0 Å². The summed E-state index contributed by atoms with van der Waals surface area (Å²) in [6, 6.07) is 0. The smallest absolute Gasteiger partial charge is 0.131 e. The van der Waals surface area contributed by atoms with E-state index in [4.69, 9.17) is 10.0 Å². The Balaban J connectivity index is 0.000000136. The maximum atomic E-state index is 7.97. The van der Waals surface area contributed by atoms with Gasteiger partial charge >= 0.3 is 0 Å². The molecule has 0 spiro atoms. The van der Waals surface area contributed by atoms with Crippen LogP contribution in [0.25, 0.3) is 0 Å². The first-order valence-electron chi connectivity index (χ1n) is 8.74. The number of nitrogens with zero attached hydrogens (tertiary/aromatic N) is 2. The van der Waals surface area contributed by atoms with Crippen LogP contribution in [0.15, 0.2) is 31.8 Å². The third-order valence-corrected chi connectivity index (χ3v) is 5.26. The van der Waals surface area contributed by atoms with Crippen LogP contribution in [0, 0.1) is 0 Å². The zero-order valence-electron chi connectivity index (χ0n) is 13.8. The molecule has 2 fully saturated rings. The van der Waals surface area contributed by atoms with Gasteiger partial charge in [-0.15, -0.1) is 0 Å². The third-order valence-electron chi connectivity index (χ3n) is 4.28. The average molecular weight is 430 g/mol. The molecule has 4 rings (SSSR count). The quantitative estimate of drug-likeness (QED) is 0.327. The Morgan fingerprint density at radius 3 is 1.78 bits per heavy atom. The molecule has 0 heterocycles. The molecular formula is C18H27IN2O2. The molecule has 4 nitrogen and oxygen atoms in total. The van der Waals surface area contributed by atoms with E-state index in [1.807, 2.05) is 0 Å². The standard InChI is InChI=1S/C9H13NO.C5H7I.C4H7NO/c1-2-7-9(6-1)11-10-8-4-3-5-8;6-5-3-1-2-4-5;6-5-4-2-1-3-4/h6H,1-5,7H2;3H,1-2,4H2;6H,1-3H2. The van der Waals surface area contributed by atoms with E-state index in [1.54, 1.807) is 3.58 Å². The van der Waals surface area contributed by atoms with Crippen molar-refractivity contribution in [2.24, 2.45) is 10.3 Å². The van der Waals surface area contributed by atoms with Crippen LogP contribution in [0.4, 0.5) is 0 Å². The normalized spacial score (nSPS) is 21.4. The van der Waals surface area contributed by atoms with Crippen LogP contribution in [0.5, 0.6) is 0 Å². The molecule has 0 aliphatic heterocycles. The Morgan fingerprint density at radius 2 is 1.48 bits per heavy atom. The Hall–Kier alpha value is -0.850. The van der Waals surface area contributed by atoms with Crippen molar-refractivity contribution in [3.05, 3.63) is 21.5 Å². The van der Waals surface area contributed by atoms with Gasteiger partial charge in [0.2, 0.25) is 0 Å². The number of oxime groups is 2. The van der Waals surface area contributed by atoms with Crippen LogP contribution >= 0.6 is 22.6 Å². The average Bonchev–Trinajstić information content (AvgIpc) is 3.11. The molecule has 0 atom stereocenters. The highest BCUT2D eigenvalue weighted by molar-refractivity contribution is 14.1. The maximum absolute atomic E-state index is 7.97. The zero-order valence-corrected chi connectivity index (χ0v) is 15.9. The number of hydrogen-bond acceptors (Lipinski definition) is 4. The topological polar surface area (TPSA) is 54.2 Å². The Morgan fingerprint density at radius 1 is 0.826 bits per heavy atom. The molecule has 4 aliphatic carbocycles. The van der Waals surface area contributed by atoms with Gasteiger partial charge in [-0.05, 0) is 103 Å². The van der Waals surface area contributed by atoms with E-state index in [0.717, 1.165) is 43.6 Å². The predicted octanol–water partition coefficient (Wildman–Crippen LogP) is 6.10. The van der Waals surface area contributed by atoms with Crippen molar-refractivity contribution in [2.75, 3.05) is 0 Å². The van der Waals surface area contributed by atoms with Gasteiger partial charge in [-0.3, -0.25) is 0 Å². The highest BCUT2D eigenvalue weighted by Gasteiger charge is 2.12. The summed E-state index contributed by atoms with van der Waals surface area (Å²) in [5.41, 5.74) is 2.19. The highest BCUT2D eigenvalue weighted by atomic mass is 127. The molecule has 0 saturated heterocycles. The molecule has 23 heavy (non-hydrogen) atoms. The predicted molar refractivity (Wildman–Crippen MR) is 103 cm³/mol. The first-order valence-corrected chi connectivity index (χ1v) is 9.82. The van der Waals surface area contributed by atoms with E-state index < -0.39 is 0 Å². The van der Waals surface area contributed by atoms with E-state index in [2.05, 4.69) is 45.1 Å². The fraction of sp³-hybridized carbons (Fsp3) is 0.667. The van der Waals surface area contributed by atoms with Crippen LogP contribution in [0.2, 0.25) is 0 Å². The largest absolute Gasteiger partial charge is 0.411 e. The summed E-state index contributed by atoms with van der Waals surface area (Å²) in [4.78, 5) is 5.26. The molecule has 0 aromatic heterocycles. The van der Waals surface area contributed by atoms with Crippen molar-refractivity contribution in [2.45, 2.75) is 77.0 Å². The third kappa shape index (κ3) is 7.50. The number of hydrogen-bond donors (Lipinski definition) is 1. The summed E-state index contributed by atoms with van der Waals surface area (Å²) >= 11 is 2.39. The van der Waals surface area contributed by atoms with E-state index >= 15 is 0 Å². The zero-order chi connectivity index (χ0) is 16.3. The summed E-state index contributed by atoms with van der Waals surface area (Å²) in [5.74, 6) is 1.07. The van der Waals surface area contributed by atoms with Gasteiger partial charge in [-0.1, -0.05) is 16.4 Å². The molecule has 1 N–H and O–H groups in total. The second kappa shape index (κ2) is 10.8. The summed E-state index contributed by atoms with van der Waals surface area (Å²) < 4.78 is 1.55. The minimum Gasteiger partial charge on any atom is -0.411 e. The molecule has 0 aromatic rings. The maximum Gasteiger partial charge on any atom is 0.131 e. The molecule has 4 aliphatic rings. The SMILES string of the molecule is C1=C(ON=C2CCC2)CCC1.IC1=CCCC1.ON=C1CCC1. The van der Waals surface area contributed by atoms with Gasteiger partial charge in [0.25, 0.3) is 0 Å². The van der Waals surface area contributed by atoms with Gasteiger partial charge in [0.15, 0.2) is 0 Å². The lowest BCUT2D eigenvalue weighted by atomic mass is 9.98. The van der Waals surface area contributed by atoms with Crippen LogP contribution in [-0.2, 0) is 4.84 Å². The van der Waals surface area contributed by atoms with Crippen LogP contribution in [0.1, 0.15) is 77.0 Å². The molecule has 2 saturated carbocycles. The van der Waals surface area contributed by atoms with Crippen LogP contribution in [-0.4, -0.2) is 16.6 Å². The highest BCUT2D eigenvalue weighted by Crippen LogP contribution is 2.22. The Labute approximate surface area is 152 Å². The van der Waals surface area contributed by atoms with Gasteiger partial charge in [0.1, 0.15) is 5.76 Å². The lowest BCUT2D eigenvalue weighted by Crippen LogP contribution is -2.09.